The maximum Gasteiger partial charge on any atom is 0.306 e. The number of fused-ring (bicyclic) bond motifs is 1. The lowest BCUT2D eigenvalue weighted by Crippen LogP contribution is -2.21. The summed E-state index contributed by atoms with van der Waals surface area (Å²) in [6, 6.07) is 14.5. The van der Waals surface area contributed by atoms with E-state index in [-0.39, 0.29) is 13.0 Å². The first-order valence-electron chi connectivity index (χ1n) is 7.65. The van der Waals surface area contributed by atoms with Gasteiger partial charge in [-0.05, 0) is 30.3 Å². The largest absolute Gasteiger partial charge is 0.456 e. The number of aromatic nitrogens is 1. The first-order valence-corrected chi connectivity index (χ1v) is 8.45. The van der Waals surface area contributed by atoms with Crippen LogP contribution in [-0.4, -0.2) is 23.5 Å². The van der Waals surface area contributed by atoms with Crippen LogP contribution in [0.4, 0.5) is 5.69 Å². The van der Waals surface area contributed by atoms with Gasteiger partial charge < -0.3 is 14.5 Å². The molecule has 7 heteroatoms. The first kappa shape index (κ1) is 17.2. The number of esters is 1. The van der Waals surface area contributed by atoms with Crippen LogP contribution in [0.25, 0.3) is 11.1 Å². The number of hydrogen-bond acceptors (Lipinski definition) is 5. The monoisotopic (exact) mass is 402 g/mol. The number of aryl methyl sites for hydroxylation is 1. The highest BCUT2D eigenvalue weighted by Gasteiger charge is 2.11. The Hall–Kier alpha value is -2.67. The average molecular weight is 403 g/mol. The van der Waals surface area contributed by atoms with Gasteiger partial charge in [-0.2, -0.15) is 0 Å². The van der Waals surface area contributed by atoms with E-state index in [1.807, 2.05) is 30.3 Å². The Kier molecular flexibility index (Phi) is 5.45. The molecule has 1 amide bonds. The van der Waals surface area contributed by atoms with Gasteiger partial charge in [-0.1, -0.05) is 34.1 Å². The second-order valence-corrected chi connectivity index (χ2v) is 6.21. The number of para-hydroxylation sites is 2. The number of oxazole rings is 1. The molecule has 0 aliphatic heterocycles. The standard InChI is InChI=1S/C18H15BrN2O4/c19-12-4-3-5-13(10-12)20-16(22)11-24-18(23)9-8-17-21-14-6-1-2-7-15(14)25-17/h1-7,10H,8-9,11H2,(H,20,22). The molecule has 1 N–H and O–H groups in total. The third-order valence-corrected chi connectivity index (χ3v) is 3.85. The van der Waals surface area contributed by atoms with Crippen LogP contribution in [0.5, 0.6) is 0 Å². The van der Waals surface area contributed by atoms with Gasteiger partial charge in [-0.15, -0.1) is 0 Å². The van der Waals surface area contributed by atoms with Crippen LogP contribution < -0.4 is 5.32 Å². The maximum absolute atomic E-state index is 11.8. The summed E-state index contributed by atoms with van der Waals surface area (Å²) in [7, 11) is 0. The summed E-state index contributed by atoms with van der Waals surface area (Å²) in [4.78, 5) is 27.8. The molecule has 0 bridgehead atoms. The van der Waals surface area contributed by atoms with Crippen molar-refractivity contribution in [2.45, 2.75) is 12.8 Å². The van der Waals surface area contributed by atoms with Gasteiger partial charge in [0.25, 0.3) is 5.91 Å². The molecule has 0 saturated carbocycles. The lowest BCUT2D eigenvalue weighted by molar-refractivity contribution is -0.147. The molecule has 1 heterocycles. The Bertz CT molecular complexity index is 874. The molecule has 0 unspecified atom stereocenters. The fourth-order valence-corrected chi connectivity index (χ4v) is 2.62. The number of amides is 1. The summed E-state index contributed by atoms with van der Waals surface area (Å²) < 4.78 is 11.3. The van der Waals surface area contributed by atoms with Gasteiger partial charge in [0.15, 0.2) is 18.1 Å². The lowest BCUT2D eigenvalue weighted by Gasteiger charge is -2.06. The van der Waals surface area contributed by atoms with E-state index >= 15 is 0 Å². The zero-order valence-corrected chi connectivity index (χ0v) is 14.8. The molecule has 0 aliphatic rings. The average Bonchev–Trinajstić information content (AvgIpc) is 3.01. The van der Waals surface area contributed by atoms with Crippen molar-refractivity contribution in [2.24, 2.45) is 0 Å². The van der Waals surface area contributed by atoms with Crippen LogP contribution >= 0.6 is 15.9 Å². The van der Waals surface area contributed by atoms with Gasteiger partial charge in [-0.25, -0.2) is 4.98 Å². The minimum atomic E-state index is -0.480. The van der Waals surface area contributed by atoms with Gasteiger partial charge in [0.2, 0.25) is 0 Å². The van der Waals surface area contributed by atoms with E-state index in [4.69, 9.17) is 9.15 Å². The number of ether oxygens (including phenoxy) is 1. The predicted octanol–water partition coefficient (Wildman–Crippen LogP) is 3.70. The fraction of sp³-hybridized carbons (Fsp3) is 0.167. The molecule has 0 fully saturated rings. The first-order chi connectivity index (χ1) is 12.1. The van der Waals surface area contributed by atoms with Crippen molar-refractivity contribution >= 4 is 44.6 Å². The van der Waals surface area contributed by atoms with Crippen molar-refractivity contribution in [3.05, 3.63) is 58.9 Å². The third-order valence-electron chi connectivity index (χ3n) is 3.35. The smallest absolute Gasteiger partial charge is 0.306 e. The number of carbonyl (C=O) groups excluding carboxylic acids is 2. The Morgan fingerprint density at radius 1 is 1.16 bits per heavy atom. The highest BCUT2D eigenvalue weighted by molar-refractivity contribution is 9.10. The number of nitrogens with one attached hydrogen (secondary N) is 1. The predicted molar refractivity (Wildman–Crippen MR) is 96.1 cm³/mol. The van der Waals surface area contributed by atoms with Gasteiger partial charge in [0.1, 0.15) is 5.52 Å². The van der Waals surface area contributed by atoms with Crippen LogP contribution in [0, 0.1) is 0 Å². The quantitative estimate of drug-likeness (QED) is 0.635. The topological polar surface area (TPSA) is 81.4 Å². The number of rotatable bonds is 6. The molecule has 0 aliphatic carbocycles. The van der Waals surface area contributed by atoms with Crippen LogP contribution in [0.1, 0.15) is 12.3 Å². The normalized spacial score (nSPS) is 10.6. The minimum Gasteiger partial charge on any atom is -0.456 e. The zero-order chi connectivity index (χ0) is 17.6. The van der Waals surface area contributed by atoms with E-state index in [9.17, 15) is 9.59 Å². The van der Waals surface area contributed by atoms with Crippen molar-refractivity contribution in [2.75, 3.05) is 11.9 Å². The van der Waals surface area contributed by atoms with Gasteiger partial charge in [0, 0.05) is 16.6 Å². The van der Waals surface area contributed by atoms with E-state index in [1.54, 1.807) is 18.2 Å². The molecular formula is C18H15BrN2O4. The van der Waals surface area contributed by atoms with Gasteiger partial charge in [0.05, 0.1) is 6.42 Å². The summed E-state index contributed by atoms with van der Waals surface area (Å²) in [6.07, 6.45) is 0.414. The molecular weight excluding hydrogens is 388 g/mol. The third kappa shape index (κ3) is 4.90. The van der Waals surface area contributed by atoms with Crippen LogP contribution in [-0.2, 0) is 20.7 Å². The number of carbonyl (C=O) groups is 2. The van der Waals surface area contributed by atoms with E-state index in [0.29, 0.717) is 23.6 Å². The minimum absolute atomic E-state index is 0.0942. The Morgan fingerprint density at radius 3 is 2.80 bits per heavy atom. The summed E-state index contributed by atoms with van der Waals surface area (Å²) in [5, 5.41) is 2.65. The van der Waals surface area contributed by atoms with E-state index < -0.39 is 11.9 Å². The number of benzene rings is 2. The fourth-order valence-electron chi connectivity index (χ4n) is 2.22. The van der Waals surface area contributed by atoms with Crippen molar-refractivity contribution in [1.29, 1.82) is 0 Å². The summed E-state index contributed by atoms with van der Waals surface area (Å²) in [5.74, 6) is -0.406. The Balaban J connectivity index is 1.43. The SMILES string of the molecule is O=C(COC(=O)CCc1nc2ccccc2o1)Nc1cccc(Br)c1. The van der Waals surface area contributed by atoms with Crippen molar-refractivity contribution in [3.63, 3.8) is 0 Å². The highest BCUT2D eigenvalue weighted by atomic mass is 79.9. The van der Waals surface area contributed by atoms with Gasteiger partial charge in [-0.3, -0.25) is 9.59 Å². The second-order valence-electron chi connectivity index (χ2n) is 5.29. The number of nitrogens with zero attached hydrogens (tertiary/aromatic N) is 1. The molecule has 6 nitrogen and oxygen atoms in total. The molecule has 25 heavy (non-hydrogen) atoms. The number of hydrogen-bond donors (Lipinski definition) is 1. The van der Waals surface area contributed by atoms with Crippen LogP contribution in [0.2, 0.25) is 0 Å². The molecule has 0 saturated heterocycles. The number of anilines is 1. The Labute approximate surface area is 152 Å². The molecule has 0 radical (unpaired) electrons. The number of halogens is 1. The zero-order valence-electron chi connectivity index (χ0n) is 13.2. The van der Waals surface area contributed by atoms with Gasteiger partial charge >= 0.3 is 5.97 Å². The molecule has 3 rings (SSSR count). The van der Waals surface area contributed by atoms with E-state index in [2.05, 4.69) is 26.2 Å². The molecule has 0 spiro atoms. The van der Waals surface area contributed by atoms with Crippen LogP contribution in [0.3, 0.4) is 0 Å². The molecule has 1 aromatic heterocycles. The van der Waals surface area contributed by atoms with Crippen molar-refractivity contribution in [3.8, 4) is 0 Å². The second kappa shape index (κ2) is 7.94. The maximum atomic E-state index is 11.8. The summed E-state index contributed by atoms with van der Waals surface area (Å²) in [6.45, 7) is -0.334. The molecule has 3 aromatic rings. The lowest BCUT2D eigenvalue weighted by atomic mass is 10.3. The highest BCUT2D eigenvalue weighted by Crippen LogP contribution is 2.16. The molecule has 2 aromatic carbocycles. The van der Waals surface area contributed by atoms with E-state index in [1.165, 1.54) is 0 Å². The summed E-state index contributed by atoms with van der Waals surface area (Å²) in [5.41, 5.74) is 2.06. The van der Waals surface area contributed by atoms with Crippen LogP contribution in [0.15, 0.2) is 57.4 Å². The summed E-state index contributed by atoms with van der Waals surface area (Å²) >= 11 is 3.32. The Morgan fingerprint density at radius 2 is 2.00 bits per heavy atom. The molecule has 0 atom stereocenters. The van der Waals surface area contributed by atoms with Crippen molar-refractivity contribution < 1.29 is 18.7 Å². The van der Waals surface area contributed by atoms with Crippen molar-refractivity contribution in [1.82, 2.24) is 4.98 Å². The van der Waals surface area contributed by atoms with E-state index in [0.717, 1.165) is 9.99 Å². The molecule has 128 valence electrons.